The first kappa shape index (κ1) is 21.4. The predicted molar refractivity (Wildman–Crippen MR) is 112 cm³/mol. The summed E-state index contributed by atoms with van der Waals surface area (Å²) in [7, 11) is 4.10. The van der Waals surface area contributed by atoms with Gasteiger partial charge in [-0.05, 0) is 42.8 Å². The van der Waals surface area contributed by atoms with Gasteiger partial charge in [0, 0.05) is 44.9 Å². The van der Waals surface area contributed by atoms with Gasteiger partial charge in [0.05, 0.1) is 6.61 Å². The number of nitrogens with zero attached hydrogens (tertiary/aromatic N) is 1. The second-order valence-corrected chi connectivity index (χ2v) is 9.24. The zero-order chi connectivity index (χ0) is 19.7. The molecule has 0 aliphatic rings. The lowest BCUT2D eigenvalue weighted by Crippen LogP contribution is -2.54. The average molecular weight is 390 g/mol. The minimum absolute atomic E-state index is 0.772. The summed E-state index contributed by atoms with van der Waals surface area (Å²) >= 11 is 0. The minimum Gasteiger partial charge on any atom is -0.494 e. The highest BCUT2D eigenvalue weighted by atomic mass is 28.4. The summed E-state index contributed by atoms with van der Waals surface area (Å²) in [5.74, 6) is 0.912. The number of anilines is 2. The van der Waals surface area contributed by atoms with Crippen molar-refractivity contribution in [3.05, 3.63) is 48.5 Å². The van der Waals surface area contributed by atoms with Gasteiger partial charge in [-0.2, -0.15) is 0 Å². The summed E-state index contributed by atoms with van der Waals surface area (Å²) in [6, 6.07) is 16.3. The van der Waals surface area contributed by atoms with Crippen LogP contribution in [0.3, 0.4) is 0 Å². The van der Waals surface area contributed by atoms with E-state index in [9.17, 15) is 0 Å². The monoisotopic (exact) mass is 389 g/mol. The Morgan fingerprint density at radius 1 is 0.778 bits per heavy atom. The van der Waals surface area contributed by atoms with Gasteiger partial charge in [0.25, 0.3) is 0 Å². The number of ether oxygens (including phenoxy) is 1. The quantitative estimate of drug-likeness (QED) is 0.427. The average Bonchev–Trinajstić information content (AvgIpc) is 2.73. The summed E-state index contributed by atoms with van der Waals surface area (Å²) in [4.78, 5) is 2.13. The van der Waals surface area contributed by atoms with Gasteiger partial charge in [-0.25, -0.2) is 0 Å². The van der Waals surface area contributed by atoms with Crippen LogP contribution in [0, 0.1) is 0 Å². The van der Waals surface area contributed by atoms with Crippen molar-refractivity contribution in [1.82, 2.24) is 0 Å². The van der Waals surface area contributed by atoms with E-state index in [0.717, 1.165) is 35.3 Å². The van der Waals surface area contributed by atoms with Crippen LogP contribution < -0.4 is 14.8 Å². The lowest BCUT2D eigenvalue weighted by atomic mass is 10.2. The second-order valence-electron chi connectivity index (χ2n) is 6.32. The van der Waals surface area contributed by atoms with Crippen molar-refractivity contribution >= 4 is 25.4 Å². The van der Waals surface area contributed by atoms with Crippen molar-refractivity contribution in [2.24, 2.45) is 0 Å². The topological polar surface area (TPSA) is 40.2 Å². The molecule has 0 heterocycles. The second kappa shape index (κ2) is 10.5. The molecule has 0 saturated heterocycles. The van der Waals surface area contributed by atoms with E-state index < -0.39 is 8.80 Å². The van der Waals surface area contributed by atoms with Crippen molar-refractivity contribution in [3.8, 4) is 5.75 Å². The van der Waals surface area contributed by atoms with E-state index in [4.69, 9.17) is 18.0 Å². The van der Waals surface area contributed by atoms with Crippen LogP contribution in [0.2, 0.25) is 0 Å². The molecule has 0 aliphatic heterocycles. The molecule has 0 radical (unpaired) electrons. The first-order chi connectivity index (χ1) is 13.1. The van der Waals surface area contributed by atoms with Gasteiger partial charge in [-0.3, -0.25) is 0 Å². The molecule has 0 amide bonds. The van der Waals surface area contributed by atoms with Gasteiger partial charge in [0.1, 0.15) is 5.75 Å². The highest BCUT2D eigenvalue weighted by Gasteiger charge is 2.40. The van der Waals surface area contributed by atoms with E-state index in [1.54, 1.807) is 21.3 Å². The van der Waals surface area contributed by atoms with E-state index in [-0.39, 0.29) is 0 Å². The Hall–Kier alpha value is -1.86. The van der Waals surface area contributed by atoms with Crippen molar-refractivity contribution in [2.45, 2.75) is 26.2 Å². The Morgan fingerprint density at radius 2 is 1.30 bits per heavy atom. The first-order valence-corrected chi connectivity index (χ1v) is 11.0. The molecule has 0 unspecified atom stereocenters. The highest BCUT2D eigenvalue weighted by Crippen LogP contribution is 2.25. The number of benzene rings is 2. The van der Waals surface area contributed by atoms with E-state index >= 15 is 0 Å². The largest absolute Gasteiger partial charge is 0.536 e. The molecule has 5 nitrogen and oxygen atoms in total. The first-order valence-electron chi connectivity index (χ1n) is 9.32. The van der Waals surface area contributed by atoms with Crippen LogP contribution in [0.1, 0.15) is 26.2 Å². The third kappa shape index (κ3) is 5.32. The minimum atomic E-state index is -2.79. The third-order valence-electron chi connectivity index (χ3n) is 4.65. The van der Waals surface area contributed by atoms with Crippen molar-refractivity contribution < 1.29 is 18.0 Å². The molecule has 148 valence electrons. The van der Waals surface area contributed by atoms with Gasteiger partial charge < -0.3 is 22.9 Å². The summed E-state index contributed by atoms with van der Waals surface area (Å²) in [5.41, 5.74) is 2.17. The van der Waals surface area contributed by atoms with E-state index in [2.05, 4.69) is 24.0 Å². The SMILES string of the molecule is CCCCCOc1ccc(N(C)c2ccc([Si](OC)(OC)OC)cc2)cc1. The van der Waals surface area contributed by atoms with Crippen molar-refractivity contribution in [1.29, 1.82) is 0 Å². The molecular formula is C21H31NO4Si. The fourth-order valence-electron chi connectivity index (χ4n) is 2.95. The molecule has 0 fully saturated rings. The Labute approximate surface area is 164 Å². The molecule has 0 atom stereocenters. The number of unbranched alkanes of at least 4 members (excludes halogenated alkanes) is 2. The molecular weight excluding hydrogens is 358 g/mol. The number of hydrogen-bond donors (Lipinski definition) is 0. The standard InChI is InChI=1S/C21H31NO4Si/c1-6-7-8-17-26-20-13-9-18(10-14-20)22(2)19-11-15-21(16-12-19)27(23-3,24-4)25-5/h9-16H,6-8,17H2,1-5H3. The molecule has 2 aromatic rings. The predicted octanol–water partition coefficient (Wildman–Crippen LogP) is 4.11. The van der Waals surface area contributed by atoms with E-state index in [1.807, 2.05) is 43.4 Å². The van der Waals surface area contributed by atoms with Crippen LogP contribution in [0.25, 0.3) is 0 Å². The van der Waals surface area contributed by atoms with Crippen LogP contribution >= 0.6 is 0 Å². The normalized spacial score (nSPS) is 11.4. The fraction of sp³-hybridized carbons (Fsp3) is 0.429. The molecule has 6 heteroatoms. The van der Waals surface area contributed by atoms with Crippen molar-refractivity contribution in [2.75, 3.05) is 39.9 Å². The Bertz CT molecular complexity index is 663. The van der Waals surface area contributed by atoms with Crippen LogP contribution in [0.5, 0.6) is 5.75 Å². The molecule has 0 aromatic heterocycles. The van der Waals surface area contributed by atoms with Crippen LogP contribution in [0.4, 0.5) is 11.4 Å². The summed E-state index contributed by atoms with van der Waals surface area (Å²) in [6.45, 7) is 2.97. The van der Waals surface area contributed by atoms with Gasteiger partial charge in [0.2, 0.25) is 0 Å². The summed E-state index contributed by atoms with van der Waals surface area (Å²) < 4.78 is 22.4. The molecule has 27 heavy (non-hydrogen) atoms. The zero-order valence-electron chi connectivity index (χ0n) is 17.0. The van der Waals surface area contributed by atoms with Gasteiger partial charge in [0.15, 0.2) is 0 Å². The molecule has 0 saturated carbocycles. The Morgan fingerprint density at radius 3 is 1.78 bits per heavy atom. The lowest BCUT2D eigenvalue weighted by molar-refractivity contribution is 0.140. The zero-order valence-corrected chi connectivity index (χ0v) is 18.0. The summed E-state index contributed by atoms with van der Waals surface area (Å²) in [5, 5.41) is 0.933. The maximum absolute atomic E-state index is 5.78. The Kier molecular flexibility index (Phi) is 8.31. The smallest absolute Gasteiger partial charge is 0.494 e. The number of rotatable bonds is 11. The van der Waals surface area contributed by atoms with E-state index in [0.29, 0.717) is 0 Å². The number of hydrogen-bond acceptors (Lipinski definition) is 5. The van der Waals surface area contributed by atoms with Gasteiger partial charge in [-0.15, -0.1) is 0 Å². The van der Waals surface area contributed by atoms with Crippen LogP contribution in [-0.2, 0) is 13.3 Å². The van der Waals surface area contributed by atoms with Crippen LogP contribution in [0.15, 0.2) is 48.5 Å². The van der Waals surface area contributed by atoms with Gasteiger partial charge >= 0.3 is 8.80 Å². The molecule has 2 rings (SSSR count). The highest BCUT2D eigenvalue weighted by molar-refractivity contribution is 6.75. The fourth-order valence-corrected chi connectivity index (χ4v) is 4.73. The molecule has 0 aliphatic carbocycles. The summed E-state index contributed by atoms with van der Waals surface area (Å²) in [6.07, 6.45) is 3.50. The molecule has 0 spiro atoms. The molecule has 0 N–H and O–H groups in total. The third-order valence-corrected chi connectivity index (χ3v) is 7.31. The van der Waals surface area contributed by atoms with E-state index in [1.165, 1.54) is 12.8 Å². The van der Waals surface area contributed by atoms with Crippen LogP contribution in [-0.4, -0.2) is 43.8 Å². The molecule has 0 bridgehead atoms. The molecule has 2 aromatic carbocycles. The Balaban J connectivity index is 2.05. The van der Waals surface area contributed by atoms with Crippen molar-refractivity contribution in [3.63, 3.8) is 0 Å². The van der Waals surface area contributed by atoms with Gasteiger partial charge in [-0.1, -0.05) is 31.9 Å². The maximum atomic E-state index is 5.78. The lowest BCUT2D eigenvalue weighted by Gasteiger charge is -2.25. The maximum Gasteiger partial charge on any atom is 0.536 e.